The van der Waals surface area contributed by atoms with Gasteiger partial charge in [-0.25, -0.2) is 9.59 Å². The molecule has 8 rings (SSSR count). The number of carbonyl (C=O) groups is 2. The third kappa shape index (κ3) is 6.50. The van der Waals surface area contributed by atoms with Crippen molar-refractivity contribution in [2.24, 2.45) is 0 Å². The predicted molar refractivity (Wildman–Crippen MR) is 204 cm³/mol. The minimum absolute atomic E-state index is 0.199. The molecule has 2 saturated carbocycles. The van der Waals surface area contributed by atoms with Crippen molar-refractivity contribution in [3.8, 4) is 33.8 Å². The molecule has 5 N–H and O–H groups in total. The number of halogens is 2. The molecule has 12 heteroatoms. The van der Waals surface area contributed by atoms with Crippen LogP contribution in [0.2, 0.25) is 10.0 Å². The lowest BCUT2D eigenvalue weighted by Crippen LogP contribution is -2.34. The summed E-state index contributed by atoms with van der Waals surface area (Å²) >= 11 is 12.9. The van der Waals surface area contributed by atoms with Crippen molar-refractivity contribution in [1.29, 1.82) is 0 Å². The first kappa shape index (κ1) is 36.4. The summed E-state index contributed by atoms with van der Waals surface area (Å²) in [5.74, 6) is -0.166. The molecule has 274 valence electrons. The van der Waals surface area contributed by atoms with Crippen LogP contribution in [0.4, 0.5) is 0 Å². The Labute approximate surface area is 315 Å². The molecule has 53 heavy (non-hydrogen) atoms. The number of nitrogens with one attached hydrogen (secondary N) is 2. The van der Waals surface area contributed by atoms with Crippen LogP contribution in [0.5, 0.6) is 11.5 Å². The van der Waals surface area contributed by atoms with Gasteiger partial charge in [-0.15, -0.1) is 0 Å². The smallest absolute Gasteiger partial charge is 0.340 e. The molecule has 2 heterocycles. The van der Waals surface area contributed by atoms with Crippen molar-refractivity contribution in [3.63, 3.8) is 0 Å². The van der Waals surface area contributed by atoms with Gasteiger partial charge in [-0.3, -0.25) is 0 Å². The standard InChI is InChI=1S/C21H20ClNO4.C20H18ClNO4/c1-26-19-8-12(4-5-16(19)21(25)6-3-7-21)13-9-14-15(20(24)27-2)11-23-18(14)10-17(13)22;1-26-18-7-11(3-4-15(18)20(25)5-2-6-20)12-8-13-14(19(23)24)10-22-17(13)9-16(12)21/h4-5,8-11,23,25H,3,6-7H2,1-2H3;3-4,7-10,22,25H,2,5-6H2,1H3,(H,23,24). The third-order valence-electron chi connectivity index (χ3n) is 10.6. The van der Waals surface area contributed by atoms with Crippen LogP contribution < -0.4 is 9.47 Å². The number of fused-ring (bicyclic) bond motifs is 2. The summed E-state index contributed by atoms with van der Waals surface area (Å²) < 4.78 is 15.9. The van der Waals surface area contributed by atoms with Crippen LogP contribution in [0.15, 0.2) is 73.1 Å². The Balaban J connectivity index is 0.000000164. The highest BCUT2D eigenvalue weighted by Gasteiger charge is 2.39. The number of carboxylic acid groups (broad SMARTS) is 1. The van der Waals surface area contributed by atoms with Crippen LogP contribution in [0.3, 0.4) is 0 Å². The number of hydrogen-bond donors (Lipinski definition) is 5. The zero-order valence-electron chi connectivity index (χ0n) is 29.3. The maximum absolute atomic E-state index is 12.0. The maximum Gasteiger partial charge on any atom is 0.340 e. The minimum Gasteiger partial charge on any atom is -0.496 e. The van der Waals surface area contributed by atoms with E-state index in [2.05, 4.69) is 9.97 Å². The zero-order chi connectivity index (χ0) is 37.7. The number of aromatic amines is 2. The number of H-pyrrole nitrogens is 2. The quantitative estimate of drug-likeness (QED) is 0.0964. The van der Waals surface area contributed by atoms with E-state index >= 15 is 0 Å². The molecule has 0 amide bonds. The summed E-state index contributed by atoms with van der Waals surface area (Å²) in [5, 5.41) is 33.1. The number of benzene rings is 4. The molecule has 0 saturated heterocycles. The van der Waals surface area contributed by atoms with Crippen LogP contribution in [0.1, 0.15) is 70.4 Å². The first-order chi connectivity index (χ1) is 25.4. The number of rotatable bonds is 8. The Morgan fingerprint density at radius 3 is 1.47 bits per heavy atom. The molecule has 6 aromatic rings. The number of aliphatic hydroxyl groups is 2. The van der Waals surface area contributed by atoms with Crippen LogP contribution in [0, 0.1) is 0 Å². The predicted octanol–water partition coefficient (Wildman–Crippen LogP) is 9.22. The lowest BCUT2D eigenvalue weighted by molar-refractivity contribution is -0.0408. The second-order valence-electron chi connectivity index (χ2n) is 13.6. The van der Waals surface area contributed by atoms with Gasteiger partial charge in [0.25, 0.3) is 0 Å². The lowest BCUT2D eigenvalue weighted by atomic mass is 9.74. The van der Waals surface area contributed by atoms with E-state index < -0.39 is 23.1 Å². The fourth-order valence-electron chi connectivity index (χ4n) is 7.23. The number of carboxylic acids is 1. The van der Waals surface area contributed by atoms with Crippen LogP contribution in [-0.2, 0) is 15.9 Å². The van der Waals surface area contributed by atoms with Gasteiger partial charge in [-0.2, -0.15) is 0 Å². The largest absolute Gasteiger partial charge is 0.496 e. The van der Waals surface area contributed by atoms with Gasteiger partial charge in [-0.05, 0) is 86.1 Å². The van der Waals surface area contributed by atoms with Gasteiger partial charge in [0, 0.05) is 56.5 Å². The molecular weight excluding hydrogens is 719 g/mol. The summed E-state index contributed by atoms with van der Waals surface area (Å²) in [7, 11) is 4.52. The number of aromatic nitrogens is 2. The van der Waals surface area contributed by atoms with E-state index in [1.54, 1.807) is 38.6 Å². The van der Waals surface area contributed by atoms with E-state index in [0.717, 1.165) is 77.2 Å². The van der Waals surface area contributed by atoms with Crippen LogP contribution >= 0.6 is 23.2 Å². The highest BCUT2D eigenvalue weighted by Crippen LogP contribution is 2.48. The van der Waals surface area contributed by atoms with Gasteiger partial charge in [0.1, 0.15) is 11.5 Å². The molecule has 0 bridgehead atoms. The number of methoxy groups -OCH3 is 3. The lowest BCUT2D eigenvalue weighted by Gasteiger charge is -2.38. The number of ether oxygens (including phenoxy) is 3. The number of carbonyl (C=O) groups excluding carboxylic acids is 1. The van der Waals surface area contributed by atoms with Crippen molar-refractivity contribution < 1.29 is 39.1 Å². The maximum atomic E-state index is 12.0. The Bertz CT molecular complexity index is 2390. The average Bonchev–Trinajstić information content (AvgIpc) is 3.75. The summed E-state index contributed by atoms with van der Waals surface area (Å²) in [4.78, 5) is 29.4. The first-order valence-electron chi connectivity index (χ1n) is 17.1. The molecule has 10 nitrogen and oxygen atoms in total. The van der Waals surface area contributed by atoms with Crippen LogP contribution in [0.25, 0.3) is 44.1 Å². The number of aromatic carboxylic acids is 1. The van der Waals surface area contributed by atoms with Gasteiger partial charge in [0.2, 0.25) is 0 Å². The molecule has 0 radical (unpaired) electrons. The zero-order valence-corrected chi connectivity index (χ0v) is 30.8. The fraction of sp³-hybridized carbons (Fsp3) is 0.268. The van der Waals surface area contributed by atoms with E-state index in [1.807, 2.05) is 42.5 Å². The van der Waals surface area contributed by atoms with Gasteiger partial charge in [-0.1, -0.05) is 47.5 Å². The fourth-order valence-corrected chi connectivity index (χ4v) is 7.78. The van der Waals surface area contributed by atoms with E-state index in [9.17, 15) is 24.9 Å². The van der Waals surface area contributed by atoms with Gasteiger partial charge >= 0.3 is 11.9 Å². The number of hydrogen-bond acceptors (Lipinski definition) is 7. The highest BCUT2D eigenvalue weighted by atomic mass is 35.5. The highest BCUT2D eigenvalue weighted by molar-refractivity contribution is 6.35. The molecule has 2 aliphatic carbocycles. The molecule has 0 atom stereocenters. The molecule has 2 fully saturated rings. The van der Waals surface area contributed by atoms with E-state index in [-0.39, 0.29) is 5.56 Å². The van der Waals surface area contributed by atoms with Gasteiger partial charge in [0.15, 0.2) is 0 Å². The van der Waals surface area contributed by atoms with Crippen molar-refractivity contribution in [3.05, 3.63) is 105 Å². The molecule has 0 unspecified atom stereocenters. The second kappa shape index (κ2) is 14.1. The van der Waals surface area contributed by atoms with E-state index in [4.69, 9.17) is 37.4 Å². The second-order valence-corrected chi connectivity index (χ2v) is 14.4. The Hall–Kier alpha value is -5.00. The molecule has 4 aromatic carbocycles. The SMILES string of the molecule is COC(=O)c1c[nH]c2cc(Cl)c(-c3ccc(C4(O)CCC4)c(OC)c3)cc12.COc1cc(-c2cc3c(C(=O)O)c[nH]c3cc2Cl)ccc1C1(O)CCC1. The Morgan fingerprint density at radius 1 is 0.660 bits per heavy atom. The van der Waals surface area contributed by atoms with E-state index in [0.29, 0.717) is 43.6 Å². The minimum atomic E-state index is -0.996. The van der Waals surface area contributed by atoms with Gasteiger partial charge < -0.3 is 39.5 Å². The molecule has 2 aliphatic rings. The van der Waals surface area contributed by atoms with Crippen molar-refractivity contribution in [1.82, 2.24) is 9.97 Å². The average molecular weight is 758 g/mol. The van der Waals surface area contributed by atoms with Crippen molar-refractivity contribution >= 4 is 56.9 Å². The topological polar surface area (TPSA) is 154 Å². The summed E-state index contributed by atoms with van der Waals surface area (Å²) in [6, 6.07) is 18.4. The summed E-state index contributed by atoms with van der Waals surface area (Å²) in [5.41, 5.74) is 5.18. The Kier molecular flexibility index (Phi) is 9.67. The number of esters is 1. The molecule has 0 spiro atoms. The molecule has 0 aliphatic heterocycles. The summed E-state index contributed by atoms with van der Waals surface area (Å²) in [6.07, 6.45) is 8.00. The monoisotopic (exact) mass is 756 g/mol. The van der Waals surface area contributed by atoms with Crippen LogP contribution in [-0.4, -0.2) is 58.6 Å². The van der Waals surface area contributed by atoms with E-state index in [1.165, 1.54) is 13.3 Å². The first-order valence-corrected chi connectivity index (χ1v) is 17.9. The summed E-state index contributed by atoms with van der Waals surface area (Å²) in [6.45, 7) is 0. The third-order valence-corrected chi connectivity index (χ3v) is 11.2. The van der Waals surface area contributed by atoms with Crippen molar-refractivity contribution in [2.45, 2.75) is 49.7 Å². The normalized spacial score (nSPS) is 15.5. The Morgan fingerprint density at radius 2 is 1.09 bits per heavy atom. The molecular formula is C41H38Cl2N2O8. The van der Waals surface area contributed by atoms with Crippen molar-refractivity contribution in [2.75, 3.05) is 21.3 Å². The molecule has 2 aromatic heterocycles. The van der Waals surface area contributed by atoms with Gasteiger partial charge in [0.05, 0.1) is 53.7 Å².